The number of pyridine rings is 2. The lowest BCUT2D eigenvalue weighted by atomic mass is 10.0. The molecule has 0 amide bonds. The average Bonchev–Trinajstić information content (AvgIpc) is 3.60. The van der Waals surface area contributed by atoms with Gasteiger partial charge in [0.2, 0.25) is 17.5 Å². The summed E-state index contributed by atoms with van der Waals surface area (Å²) < 4.78 is 57.4. The first-order valence-electron chi connectivity index (χ1n) is 12.9. The topological polar surface area (TPSA) is 112 Å². The molecule has 4 heterocycles. The van der Waals surface area contributed by atoms with Crippen molar-refractivity contribution in [3.8, 4) is 28.7 Å². The second kappa shape index (κ2) is 11.9. The number of ether oxygens (including phenoxy) is 1. The van der Waals surface area contributed by atoms with Gasteiger partial charge in [0.1, 0.15) is 29.9 Å². The number of nitrogens with one attached hydrogen (secondary N) is 1. The molecule has 2 aromatic carbocycles. The maximum Gasteiger partial charge on any atom is 0.280 e. The van der Waals surface area contributed by atoms with Gasteiger partial charge in [-0.2, -0.15) is 5.16 Å². The molecule has 0 spiro atoms. The van der Waals surface area contributed by atoms with Crippen molar-refractivity contribution in [2.75, 3.05) is 0 Å². The molecular formula is C30H20ClF3N6O3. The SMILES string of the molecule is O=c1cc(-c2nnc(Cc3cc(F)c(-c4cccc(OCc5ccc(Cl)cc5F)n4)cc3F)n2Cc2cccnc2)o[nH]1. The van der Waals surface area contributed by atoms with Gasteiger partial charge in [0.15, 0.2) is 0 Å². The molecule has 6 rings (SSSR count). The van der Waals surface area contributed by atoms with Gasteiger partial charge in [-0.05, 0) is 47.5 Å². The normalized spacial score (nSPS) is 11.2. The van der Waals surface area contributed by atoms with E-state index in [-0.39, 0.29) is 64.4 Å². The quantitative estimate of drug-likeness (QED) is 0.216. The Morgan fingerprint density at radius 3 is 2.56 bits per heavy atom. The van der Waals surface area contributed by atoms with Gasteiger partial charge in [0.05, 0.1) is 18.3 Å². The van der Waals surface area contributed by atoms with Crippen LogP contribution in [-0.4, -0.2) is 29.9 Å². The third kappa shape index (κ3) is 6.19. The summed E-state index contributed by atoms with van der Waals surface area (Å²) in [7, 11) is 0. The summed E-state index contributed by atoms with van der Waals surface area (Å²) in [4.78, 5) is 20.1. The Bertz CT molecular complexity index is 1980. The largest absolute Gasteiger partial charge is 0.473 e. The Labute approximate surface area is 246 Å². The van der Waals surface area contributed by atoms with Crippen LogP contribution in [0, 0.1) is 17.5 Å². The molecule has 1 N–H and O–H groups in total. The van der Waals surface area contributed by atoms with Gasteiger partial charge < -0.3 is 13.8 Å². The van der Waals surface area contributed by atoms with Crippen LogP contribution >= 0.6 is 11.6 Å². The van der Waals surface area contributed by atoms with Crippen molar-refractivity contribution in [2.45, 2.75) is 19.6 Å². The molecule has 0 aliphatic carbocycles. The number of benzene rings is 2. The van der Waals surface area contributed by atoms with Gasteiger partial charge >= 0.3 is 0 Å². The minimum atomic E-state index is -0.722. The van der Waals surface area contributed by atoms with Crippen LogP contribution < -0.4 is 10.3 Å². The zero-order valence-corrected chi connectivity index (χ0v) is 22.9. The van der Waals surface area contributed by atoms with Gasteiger partial charge in [-0.15, -0.1) is 10.2 Å². The van der Waals surface area contributed by atoms with Crippen molar-refractivity contribution in [1.82, 2.24) is 29.9 Å². The van der Waals surface area contributed by atoms with Crippen LogP contribution in [0.3, 0.4) is 0 Å². The van der Waals surface area contributed by atoms with Gasteiger partial charge in [-0.3, -0.25) is 9.78 Å². The Morgan fingerprint density at radius 1 is 0.930 bits per heavy atom. The van der Waals surface area contributed by atoms with E-state index < -0.39 is 23.0 Å². The van der Waals surface area contributed by atoms with Crippen LogP contribution in [0.25, 0.3) is 22.8 Å². The number of hydrogen-bond acceptors (Lipinski definition) is 7. The van der Waals surface area contributed by atoms with E-state index in [0.717, 1.165) is 17.7 Å². The van der Waals surface area contributed by atoms with Crippen LogP contribution in [-0.2, 0) is 19.6 Å². The van der Waals surface area contributed by atoms with E-state index in [1.807, 2.05) is 6.07 Å². The number of hydrogen-bond donors (Lipinski definition) is 1. The highest BCUT2D eigenvalue weighted by Crippen LogP contribution is 2.28. The maximum absolute atomic E-state index is 15.4. The van der Waals surface area contributed by atoms with Crippen LogP contribution in [0.2, 0.25) is 5.02 Å². The number of rotatable bonds is 9. The van der Waals surface area contributed by atoms with Crippen molar-refractivity contribution in [2.24, 2.45) is 0 Å². The average molecular weight is 605 g/mol. The second-order valence-corrected chi connectivity index (χ2v) is 9.89. The molecular weight excluding hydrogens is 585 g/mol. The van der Waals surface area contributed by atoms with Gasteiger partial charge in [-0.25, -0.2) is 18.2 Å². The van der Waals surface area contributed by atoms with Crippen molar-refractivity contribution < 1.29 is 22.4 Å². The minimum absolute atomic E-state index is 0.0220. The molecule has 43 heavy (non-hydrogen) atoms. The summed E-state index contributed by atoms with van der Waals surface area (Å²) in [6, 6.07) is 15.7. The number of aromatic amines is 1. The lowest BCUT2D eigenvalue weighted by Crippen LogP contribution is -2.09. The van der Waals surface area contributed by atoms with Crippen molar-refractivity contribution in [1.29, 1.82) is 0 Å². The molecule has 0 saturated heterocycles. The first-order chi connectivity index (χ1) is 20.8. The molecule has 0 radical (unpaired) electrons. The lowest BCUT2D eigenvalue weighted by Gasteiger charge is -2.12. The third-order valence-corrected chi connectivity index (χ3v) is 6.74. The van der Waals surface area contributed by atoms with Gasteiger partial charge in [0.25, 0.3) is 5.56 Å². The third-order valence-electron chi connectivity index (χ3n) is 6.51. The van der Waals surface area contributed by atoms with E-state index in [2.05, 4.69) is 25.3 Å². The van der Waals surface area contributed by atoms with Crippen LogP contribution in [0.1, 0.15) is 22.5 Å². The fourth-order valence-corrected chi connectivity index (χ4v) is 4.57. The molecule has 216 valence electrons. The van der Waals surface area contributed by atoms with Crippen LogP contribution in [0.4, 0.5) is 13.2 Å². The van der Waals surface area contributed by atoms with E-state index in [1.165, 1.54) is 36.4 Å². The molecule has 0 atom stereocenters. The summed E-state index contributed by atoms with van der Waals surface area (Å²) in [5.74, 6) is -1.18. The highest BCUT2D eigenvalue weighted by Gasteiger charge is 2.21. The number of H-pyrrole nitrogens is 1. The molecule has 0 bridgehead atoms. The molecule has 0 aliphatic heterocycles. The van der Waals surface area contributed by atoms with Crippen LogP contribution in [0.15, 0.2) is 88.4 Å². The molecule has 4 aromatic heterocycles. The fourth-order valence-electron chi connectivity index (χ4n) is 4.41. The Morgan fingerprint density at radius 2 is 1.79 bits per heavy atom. The second-order valence-electron chi connectivity index (χ2n) is 9.45. The first kappa shape index (κ1) is 27.9. The molecule has 9 nitrogen and oxygen atoms in total. The predicted molar refractivity (Wildman–Crippen MR) is 150 cm³/mol. The number of aromatic nitrogens is 6. The molecule has 0 aliphatic rings. The van der Waals surface area contributed by atoms with Gasteiger partial charge in [-0.1, -0.05) is 29.8 Å². The monoisotopic (exact) mass is 604 g/mol. The molecule has 13 heteroatoms. The van der Waals surface area contributed by atoms with Crippen LogP contribution in [0.5, 0.6) is 5.88 Å². The summed E-state index contributed by atoms with van der Waals surface area (Å²) in [6.07, 6.45) is 3.15. The Hall–Kier alpha value is -5.23. The zero-order valence-electron chi connectivity index (χ0n) is 22.1. The molecule has 6 aromatic rings. The van der Waals surface area contributed by atoms with E-state index in [9.17, 15) is 9.18 Å². The van der Waals surface area contributed by atoms with E-state index in [4.69, 9.17) is 20.9 Å². The number of halogens is 4. The van der Waals surface area contributed by atoms with Gasteiger partial charge in [0, 0.05) is 41.0 Å². The Kier molecular flexibility index (Phi) is 7.75. The summed E-state index contributed by atoms with van der Waals surface area (Å²) in [6.45, 7) is 0.0995. The summed E-state index contributed by atoms with van der Waals surface area (Å²) in [5, 5.41) is 10.8. The highest BCUT2D eigenvalue weighted by atomic mass is 35.5. The fraction of sp³-hybridized carbons (Fsp3) is 0.100. The lowest BCUT2D eigenvalue weighted by molar-refractivity contribution is 0.288. The highest BCUT2D eigenvalue weighted by molar-refractivity contribution is 6.30. The maximum atomic E-state index is 15.4. The molecule has 0 saturated carbocycles. The smallest absolute Gasteiger partial charge is 0.280 e. The summed E-state index contributed by atoms with van der Waals surface area (Å²) in [5.41, 5.74) is 0.649. The minimum Gasteiger partial charge on any atom is -0.473 e. The number of nitrogens with zero attached hydrogens (tertiary/aromatic N) is 5. The summed E-state index contributed by atoms with van der Waals surface area (Å²) >= 11 is 5.79. The van der Waals surface area contributed by atoms with Crippen molar-refractivity contribution >= 4 is 11.6 Å². The van der Waals surface area contributed by atoms with E-state index in [1.54, 1.807) is 29.1 Å². The van der Waals surface area contributed by atoms with E-state index in [0.29, 0.717) is 5.82 Å². The van der Waals surface area contributed by atoms with Crippen molar-refractivity contribution in [3.05, 3.63) is 134 Å². The predicted octanol–water partition coefficient (Wildman–Crippen LogP) is 5.97. The first-order valence-corrected chi connectivity index (χ1v) is 13.2. The van der Waals surface area contributed by atoms with Crippen molar-refractivity contribution in [3.63, 3.8) is 0 Å². The Balaban J connectivity index is 1.27. The molecule has 0 fully saturated rings. The standard InChI is InChI=1S/C30H20ClF3N6O3/c31-20-7-6-18(22(32)11-20)16-42-29-5-1-4-25(36-29)21-12-23(33)19(9-24(21)34)10-27-37-38-30(26-13-28(41)39-43-26)40(27)15-17-3-2-8-35-14-17/h1-9,11-14H,10,15-16H2,(H,39,41). The van der Waals surface area contributed by atoms with E-state index >= 15 is 8.78 Å². The molecule has 0 unspecified atom stereocenters. The zero-order chi connectivity index (χ0) is 29.9.